The number of rotatable bonds is 2. The van der Waals surface area contributed by atoms with E-state index in [1.165, 1.54) is 31.4 Å². The molecular weight excluding hydrogens is 196 g/mol. The Hall–Kier alpha value is -0.860. The van der Waals surface area contributed by atoms with Gasteiger partial charge in [0.2, 0.25) is 0 Å². The van der Waals surface area contributed by atoms with Crippen molar-refractivity contribution in [2.45, 2.75) is 25.3 Å². The van der Waals surface area contributed by atoms with Crippen LogP contribution in [0.15, 0.2) is 30.3 Å². The lowest BCUT2D eigenvalue weighted by Crippen LogP contribution is -2.32. The predicted molar refractivity (Wildman–Crippen MR) is 68.2 cm³/mol. The van der Waals surface area contributed by atoms with Crippen LogP contribution < -0.4 is 5.73 Å². The largest absolute Gasteiger partial charge is 0.330 e. The van der Waals surface area contributed by atoms with Crippen LogP contribution in [0.2, 0.25) is 0 Å². The molecule has 2 atom stereocenters. The quantitative estimate of drug-likeness (QED) is 0.826. The van der Waals surface area contributed by atoms with Gasteiger partial charge in [-0.2, -0.15) is 0 Å². The molecule has 2 heteroatoms. The normalized spacial score (nSPS) is 27.6. The summed E-state index contributed by atoms with van der Waals surface area (Å²) in [5, 5.41) is 0. The summed E-state index contributed by atoms with van der Waals surface area (Å²) in [4.78, 5) is 2.47. The molecule has 2 rings (SSSR count). The molecular formula is C14H22N2. The molecule has 1 heterocycles. The van der Waals surface area contributed by atoms with Gasteiger partial charge in [0.15, 0.2) is 0 Å². The Bertz CT molecular complexity index is 310. The molecule has 0 aromatic heterocycles. The standard InChI is InChI=1S/C14H22N2/c1-16-10-6-5-9-13(11-15)14(16)12-7-3-2-4-8-12/h2-4,7-8,13-14H,5-6,9-11,15H2,1H3. The van der Waals surface area contributed by atoms with Gasteiger partial charge in [-0.05, 0) is 44.5 Å². The third-order valence-corrected chi connectivity index (χ3v) is 3.70. The molecule has 1 aromatic rings. The molecule has 0 aliphatic carbocycles. The Morgan fingerprint density at radius 1 is 1.25 bits per heavy atom. The third-order valence-electron chi connectivity index (χ3n) is 3.70. The molecule has 1 saturated heterocycles. The maximum absolute atomic E-state index is 5.94. The second-order valence-electron chi connectivity index (χ2n) is 4.83. The Labute approximate surface area is 98.4 Å². The molecule has 1 aliphatic rings. The highest BCUT2D eigenvalue weighted by atomic mass is 15.1. The molecule has 2 N–H and O–H groups in total. The fraction of sp³-hybridized carbons (Fsp3) is 0.571. The SMILES string of the molecule is CN1CCCCC(CN)C1c1ccccc1. The van der Waals surface area contributed by atoms with Crippen LogP contribution in [-0.2, 0) is 0 Å². The van der Waals surface area contributed by atoms with Crippen LogP contribution >= 0.6 is 0 Å². The lowest BCUT2D eigenvalue weighted by atomic mass is 9.89. The van der Waals surface area contributed by atoms with Crippen LogP contribution in [-0.4, -0.2) is 25.0 Å². The molecule has 0 saturated carbocycles. The van der Waals surface area contributed by atoms with E-state index in [1.54, 1.807) is 0 Å². The van der Waals surface area contributed by atoms with Crippen molar-refractivity contribution in [2.24, 2.45) is 11.7 Å². The number of hydrogen-bond donors (Lipinski definition) is 1. The molecule has 16 heavy (non-hydrogen) atoms. The third kappa shape index (κ3) is 2.45. The first-order valence-corrected chi connectivity index (χ1v) is 6.28. The van der Waals surface area contributed by atoms with Crippen LogP contribution in [0.25, 0.3) is 0 Å². The highest BCUT2D eigenvalue weighted by Gasteiger charge is 2.27. The van der Waals surface area contributed by atoms with Crippen molar-refractivity contribution in [1.29, 1.82) is 0 Å². The summed E-state index contributed by atoms with van der Waals surface area (Å²) >= 11 is 0. The summed E-state index contributed by atoms with van der Waals surface area (Å²) in [5.74, 6) is 0.606. The van der Waals surface area contributed by atoms with E-state index in [9.17, 15) is 0 Å². The average Bonchev–Trinajstić information content (AvgIpc) is 2.51. The first-order chi connectivity index (χ1) is 7.83. The molecule has 0 spiro atoms. The lowest BCUT2D eigenvalue weighted by Gasteiger charge is -2.32. The van der Waals surface area contributed by atoms with E-state index in [4.69, 9.17) is 5.73 Å². The number of hydrogen-bond acceptors (Lipinski definition) is 2. The first kappa shape index (κ1) is 11.6. The van der Waals surface area contributed by atoms with Crippen LogP contribution in [0.5, 0.6) is 0 Å². The monoisotopic (exact) mass is 218 g/mol. The molecule has 1 aromatic carbocycles. The van der Waals surface area contributed by atoms with E-state index in [0.717, 1.165) is 6.54 Å². The minimum atomic E-state index is 0.508. The Morgan fingerprint density at radius 2 is 2.00 bits per heavy atom. The van der Waals surface area contributed by atoms with Gasteiger partial charge < -0.3 is 5.73 Å². The summed E-state index contributed by atoms with van der Waals surface area (Å²) in [5.41, 5.74) is 7.35. The maximum atomic E-state index is 5.94. The maximum Gasteiger partial charge on any atom is 0.0385 e. The number of nitrogens with zero attached hydrogens (tertiary/aromatic N) is 1. The van der Waals surface area contributed by atoms with Gasteiger partial charge in [0.05, 0.1) is 0 Å². The number of nitrogens with two attached hydrogens (primary N) is 1. The summed E-state index contributed by atoms with van der Waals surface area (Å²) in [7, 11) is 2.23. The number of likely N-dealkylation sites (tertiary alicyclic amines) is 1. The van der Waals surface area contributed by atoms with Crippen molar-refractivity contribution < 1.29 is 0 Å². The Kier molecular flexibility index (Phi) is 3.97. The van der Waals surface area contributed by atoms with Crippen molar-refractivity contribution in [3.8, 4) is 0 Å². The Morgan fingerprint density at radius 3 is 2.69 bits per heavy atom. The van der Waals surface area contributed by atoms with E-state index >= 15 is 0 Å². The highest BCUT2D eigenvalue weighted by Crippen LogP contribution is 2.33. The van der Waals surface area contributed by atoms with Crippen LogP contribution in [0.3, 0.4) is 0 Å². The minimum Gasteiger partial charge on any atom is -0.330 e. The molecule has 88 valence electrons. The predicted octanol–water partition coefficient (Wildman–Crippen LogP) is 2.42. The van der Waals surface area contributed by atoms with Gasteiger partial charge in [-0.15, -0.1) is 0 Å². The van der Waals surface area contributed by atoms with Gasteiger partial charge in [0, 0.05) is 6.04 Å². The van der Waals surface area contributed by atoms with Crippen LogP contribution in [0, 0.1) is 5.92 Å². The second-order valence-corrected chi connectivity index (χ2v) is 4.83. The van der Waals surface area contributed by atoms with Crippen molar-refractivity contribution in [2.75, 3.05) is 20.1 Å². The van der Waals surface area contributed by atoms with E-state index in [2.05, 4.69) is 42.3 Å². The zero-order chi connectivity index (χ0) is 11.4. The molecule has 0 bridgehead atoms. The summed E-state index contributed by atoms with van der Waals surface area (Å²) in [6, 6.07) is 11.3. The molecule has 0 amide bonds. The van der Waals surface area contributed by atoms with Gasteiger partial charge in [0.25, 0.3) is 0 Å². The van der Waals surface area contributed by atoms with E-state index in [-0.39, 0.29) is 0 Å². The van der Waals surface area contributed by atoms with Crippen molar-refractivity contribution in [1.82, 2.24) is 4.90 Å². The summed E-state index contributed by atoms with van der Waals surface area (Å²) in [6.07, 6.45) is 3.88. The smallest absolute Gasteiger partial charge is 0.0385 e. The molecule has 2 nitrogen and oxygen atoms in total. The zero-order valence-corrected chi connectivity index (χ0v) is 10.1. The number of benzene rings is 1. The van der Waals surface area contributed by atoms with Gasteiger partial charge in [-0.25, -0.2) is 0 Å². The van der Waals surface area contributed by atoms with E-state index in [0.29, 0.717) is 12.0 Å². The van der Waals surface area contributed by atoms with E-state index in [1.807, 2.05) is 0 Å². The Balaban J connectivity index is 2.25. The van der Waals surface area contributed by atoms with Gasteiger partial charge >= 0.3 is 0 Å². The average molecular weight is 218 g/mol. The van der Waals surface area contributed by atoms with Gasteiger partial charge in [0.1, 0.15) is 0 Å². The fourth-order valence-corrected chi connectivity index (χ4v) is 2.85. The fourth-order valence-electron chi connectivity index (χ4n) is 2.85. The molecule has 1 aliphatic heterocycles. The highest BCUT2D eigenvalue weighted by molar-refractivity contribution is 5.20. The van der Waals surface area contributed by atoms with Crippen LogP contribution in [0.4, 0.5) is 0 Å². The summed E-state index contributed by atoms with van der Waals surface area (Å²) < 4.78 is 0. The molecule has 0 radical (unpaired) electrons. The molecule has 2 unspecified atom stereocenters. The molecule has 1 fully saturated rings. The lowest BCUT2D eigenvalue weighted by molar-refractivity contribution is 0.196. The second kappa shape index (κ2) is 5.46. The topological polar surface area (TPSA) is 29.3 Å². The van der Waals surface area contributed by atoms with Crippen molar-refractivity contribution >= 4 is 0 Å². The zero-order valence-electron chi connectivity index (χ0n) is 10.1. The summed E-state index contributed by atoms with van der Waals surface area (Å²) in [6.45, 7) is 1.99. The van der Waals surface area contributed by atoms with E-state index < -0.39 is 0 Å². The first-order valence-electron chi connectivity index (χ1n) is 6.28. The minimum absolute atomic E-state index is 0.508. The van der Waals surface area contributed by atoms with Crippen molar-refractivity contribution in [3.63, 3.8) is 0 Å². The van der Waals surface area contributed by atoms with Crippen molar-refractivity contribution in [3.05, 3.63) is 35.9 Å². The van der Waals surface area contributed by atoms with Gasteiger partial charge in [-0.3, -0.25) is 4.90 Å². The van der Waals surface area contributed by atoms with Crippen LogP contribution in [0.1, 0.15) is 30.9 Å². The van der Waals surface area contributed by atoms with Gasteiger partial charge in [-0.1, -0.05) is 36.8 Å².